The number of rotatable bonds is 9. The molecule has 0 aliphatic carbocycles. The first-order chi connectivity index (χ1) is 9.17. The average Bonchev–Trinajstić information content (AvgIpc) is 2.40. The Labute approximate surface area is 116 Å². The highest BCUT2D eigenvalue weighted by atomic mass is 16.5. The van der Waals surface area contributed by atoms with E-state index in [1.807, 2.05) is 6.92 Å². The number of methoxy groups -OCH3 is 1. The lowest BCUT2D eigenvalue weighted by atomic mass is 9.97. The van der Waals surface area contributed by atoms with Crippen molar-refractivity contribution in [3.8, 4) is 0 Å². The first-order valence-corrected chi connectivity index (χ1v) is 7.34. The van der Waals surface area contributed by atoms with Gasteiger partial charge in [-0.1, -0.05) is 6.92 Å². The fraction of sp³-hybridized carbons (Fsp3) is 0.929. The molecule has 1 heterocycles. The molecule has 0 aromatic carbocycles. The fourth-order valence-corrected chi connectivity index (χ4v) is 2.56. The monoisotopic (exact) mass is 272 g/mol. The van der Waals surface area contributed by atoms with Gasteiger partial charge in [-0.3, -0.25) is 4.79 Å². The van der Waals surface area contributed by atoms with Gasteiger partial charge >= 0.3 is 5.97 Å². The van der Waals surface area contributed by atoms with Gasteiger partial charge < -0.3 is 20.1 Å². The van der Waals surface area contributed by atoms with E-state index in [0.29, 0.717) is 12.3 Å². The minimum Gasteiger partial charge on any atom is -0.480 e. The smallest absolute Gasteiger partial charge is 0.320 e. The Balaban J connectivity index is 2.22. The van der Waals surface area contributed by atoms with Crippen LogP contribution in [0.15, 0.2) is 0 Å². The van der Waals surface area contributed by atoms with E-state index in [4.69, 9.17) is 9.84 Å². The lowest BCUT2D eigenvalue weighted by Gasteiger charge is -2.32. The molecule has 0 amide bonds. The molecule has 0 spiro atoms. The Morgan fingerprint density at radius 3 is 2.68 bits per heavy atom. The normalized spacial score (nSPS) is 19.5. The van der Waals surface area contributed by atoms with Crippen molar-refractivity contribution in [2.75, 3.05) is 39.9 Å². The highest BCUT2D eigenvalue weighted by Gasteiger charge is 2.21. The number of likely N-dealkylation sites (tertiary alicyclic amines) is 1. The number of nitrogens with one attached hydrogen (secondary N) is 1. The number of ether oxygens (including phenoxy) is 1. The van der Waals surface area contributed by atoms with Crippen LogP contribution < -0.4 is 5.32 Å². The van der Waals surface area contributed by atoms with Crippen LogP contribution >= 0.6 is 0 Å². The zero-order chi connectivity index (χ0) is 14.1. The maximum absolute atomic E-state index is 11.1. The Kier molecular flexibility index (Phi) is 8.02. The van der Waals surface area contributed by atoms with Crippen molar-refractivity contribution in [3.63, 3.8) is 0 Å². The van der Waals surface area contributed by atoms with Gasteiger partial charge in [0.1, 0.15) is 6.04 Å². The summed E-state index contributed by atoms with van der Waals surface area (Å²) in [6.45, 7) is 6.67. The standard InChI is InChI=1S/C14H28N2O3/c1-3-7-15-13(14(17)18)6-10-16-8-4-12(5-9-16)11-19-2/h12-13,15H,3-11H2,1-2H3,(H,17,18). The third-order valence-electron chi connectivity index (χ3n) is 3.78. The molecule has 5 heteroatoms. The number of carbonyl (C=O) groups is 1. The van der Waals surface area contributed by atoms with Crippen molar-refractivity contribution in [2.45, 2.75) is 38.6 Å². The summed E-state index contributed by atoms with van der Waals surface area (Å²) in [4.78, 5) is 13.5. The van der Waals surface area contributed by atoms with Gasteiger partial charge in [-0.25, -0.2) is 0 Å². The van der Waals surface area contributed by atoms with Crippen LogP contribution in [0.2, 0.25) is 0 Å². The number of hydrogen-bond acceptors (Lipinski definition) is 4. The predicted octanol–water partition coefficient (Wildman–Crippen LogP) is 1.19. The molecule has 5 nitrogen and oxygen atoms in total. The van der Waals surface area contributed by atoms with Crippen LogP contribution in [0.1, 0.15) is 32.6 Å². The van der Waals surface area contributed by atoms with Gasteiger partial charge in [-0.2, -0.15) is 0 Å². The van der Waals surface area contributed by atoms with E-state index in [-0.39, 0.29) is 0 Å². The van der Waals surface area contributed by atoms with E-state index >= 15 is 0 Å². The molecular formula is C14H28N2O3. The highest BCUT2D eigenvalue weighted by Crippen LogP contribution is 2.17. The number of aliphatic carboxylic acids is 1. The van der Waals surface area contributed by atoms with Crippen LogP contribution in [0, 0.1) is 5.92 Å². The molecule has 1 saturated heterocycles. The summed E-state index contributed by atoms with van der Waals surface area (Å²) in [6.07, 6.45) is 3.97. The number of carboxylic acids is 1. The van der Waals surface area contributed by atoms with E-state index in [0.717, 1.165) is 52.0 Å². The molecule has 0 saturated carbocycles. The maximum atomic E-state index is 11.1. The second kappa shape index (κ2) is 9.28. The van der Waals surface area contributed by atoms with Gasteiger partial charge in [0.2, 0.25) is 0 Å². The molecular weight excluding hydrogens is 244 g/mol. The molecule has 1 fully saturated rings. The molecule has 19 heavy (non-hydrogen) atoms. The van der Waals surface area contributed by atoms with E-state index in [1.54, 1.807) is 7.11 Å². The topological polar surface area (TPSA) is 61.8 Å². The minimum atomic E-state index is -0.734. The minimum absolute atomic E-state index is 0.406. The number of nitrogens with zero attached hydrogens (tertiary/aromatic N) is 1. The number of hydrogen-bond donors (Lipinski definition) is 2. The molecule has 1 atom stereocenters. The lowest BCUT2D eigenvalue weighted by molar-refractivity contribution is -0.139. The third-order valence-corrected chi connectivity index (χ3v) is 3.78. The van der Waals surface area contributed by atoms with E-state index in [1.165, 1.54) is 0 Å². The summed E-state index contributed by atoms with van der Waals surface area (Å²) in [6, 6.07) is -0.406. The largest absolute Gasteiger partial charge is 0.480 e. The molecule has 1 unspecified atom stereocenters. The quantitative estimate of drug-likeness (QED) is 0.660. The first kappa shape index (κ1) is 16.4. The van der Waals surface area contributed by atoms with E-state index in [9.17, 15) is 4.79 Å². The molecule has 112 valence electrons. The van der Waals surface area contributed by atoms with Crippen molar-refractivity contribution < 1.29 is 14.6 Å². The Hall–Kier alpha value is -0.650. The number of piperidine rings is 1. The highest BCUT2D eigenvalue weighted by molar-refractivity contribution is 5.73. The molecule has 0 radical (unpaired) electrons. The zero-order valence-electron chi connectivity index (χ0n) is 12.2. The second-order valence-electron chi connectivity index (χ2n) is 5.37. The SMILES string of the molecule is CCCNC(CCN1CCC(COC)CC1)C(=O)O. The van der Waals surface area contributed by atoms with Crippen molar-refractivity contribution in [1.82, 2.24) is 10.2 Å². The zero-order valence-corrected chi connectivity index (χ0v) is 12.2. The fourth-order valence-electron chi connectivity index (χ4n) is 2.56. The molecule has 2 N–H and O–H groups in total. The Bertz CT molecular complexity index is 253. The first-order valence-electron chi connectivity index (χ1n) is 7.34. The molecule has 1 aliphatic heterocycles. The average molecular weight is 272 g/mol. The predicted molar refractivity (Wildman–Crippen MR) is 75.4 cm³/mol. The van der Waals surface area contributed by atoms with Crippen molar-refractivity contribution in [1.29, 1.82) is 0 Å². The van der Waals surface area contributed by atoms with Crippen LogP contribution in [-0.2, 0) is 9.53 Å². The maximum Gasteiger partial charge on any atom is 0.320 e. The summed E-state index contributed by atoms with van der Waals surface area (Å²) in [5.74, 6) is -0.0579. The molecule has 0 aromatic heterocycles. The summed E-state index contributed by atoms with van der Waals surface area (Å²) in [5.41, 5.74) is 0. The number of carboxylic acid groups (broad SMARTS) is 1. The van der Waals surface area contributed by atoms with Crippen LogP contribution in [-0.4, -0.2) is 61.9 Å². The molecule has 0 aromatic rings. The van der Waals surface area contributed by atoms with Crippen LogP contribution in [0.5, 0.6) is 0 Å². The van der Waals surface area contributed by atoms with Gasteiger partial charge in [0, 0.05) is 20.3 Å². The molecule has 0 bridgehead atoms. The molecule has 1 aliphatic rings. The summed E-state index contributed by atoms with van der Waals surface area (Å²) in [7, 11) is 1.75. The summed E-state index contributed by atoms with van der Waals surface area (Å²) < 4.78 is 5.18. The van der Waals surface area contributed by atoms with Gasteiger partial charge in [-0.15, -0.1) is 0 Å². The van der Waals surface area contributed by atoms with E-state index in [2.05, 4.69) is 10.2 Å². The van der Waals surface area contributed by atoms with Crippen LogP contribution in [0.3, 0.4) is 0 Å². The van der Waals surface area contributed by atoms with Crippen molar-refractivity contribution in [2.24, 2.45) is 5.92 Å². The van der Waals surface area contributed by atoms with Crippen molar-refractivity contribution >= 4 is 5.97 Å². The Morgan fingerprint density at radius 1 is 1.47 bits per heavy atom. The van der Waals surface area contributed by atoms with E-state index < -0.39 is 12.0 Å². The van der Waals surface area contributed by atoms with Crippen molar-refractivity contribution in [3.05, 3.63) is 0 Å². The van der Waals surface area contributed by atoms with Gasteiger partial charge in [0.05, 0.1) is 0 Å². The summed E-state index contributed by atoms with van der Waals surface area (Å²) in [5, 5.41) is 12.2. The van der Waals surface area contributed by atoms with Crippen LogP contribution in [0.4, 0.5) is 0 Å². The summed E-state index contributed by atoms with van der Waals surface area (Å²) >= 11 is 0. The Morgan fingerprint density at radius 2 is 2.16 bits per heavy atom. The van der Waals surface area contributed by atoms with Crippen LogP contribution in [0.25, 0.3) is 0 Å². The second-order valence-corrected chi connectivity index (χ2v) is 5.37. The third kappa shape index (κ3) is 6.36. The molecule has 1 rings (SSSR count). The van der Waals surface area contributed by atoms with Gasteiger partial charge in [0.25, 0.3) is 0 Å². The lowest BCUT2D eigenvalue weighted by Crippen LogP contribution is -2.42. The van der Waals surface area contributed by atoms with Gasteiger partial charge in [0.15, 0.2) is 0 Å². The van der Waals surface area contributed by atoms with Gasteiger partial charge in [-0.05, 0) is 51.2 Å².